The number of carbonyl (C=O) groups is 1. The number of hydrogen-bond acceptors (Lipinski definition) is 5. The molecule has 0 radical (unpaired) electrons. The van der Waals surface area contributed by atoms with Gasteiger partial charge in [0, 0.05) is 13.0 Å². The van der Waals surface area contributed by atoms with Gasteiger partial charge in [-0.3, -0.25) is 9.69 Å². The number of rotatable bonds is 10. The lowest BCUT2D eigenvalue weighted by Gasteiger charge is -2.20. The van der Waals surface area contributed by atoms with E-state index >= 15 is 0 Å². The van der Waals surface area contributed by atoms with Gasteiger partial charge in [0.25, 0.3) is 0 Å². The third-order valence-corrected chi connectivity index (χ3v) is 5.81. The third-order valence-electron chi connectivity index (χ3n) is 4.77. The monoisotopic (exact) mass is 428 g/mol. The molecule has 0 aliphatic heterocycles. The van der Waals surface area contributed by atoms with Crippen LogP contribution >= 0.6 is 11.3 Å². The highest BCUT2D eigenvalue weighted by atomic mass is 32.1. The second-order valence-corrected chi connectivity index (χ2v) is 8.42. The van der Waals surface area contributed by atoms with Gasteiger partial charge >= 0.3 is 0 Å². The molecule has 1 amide bonds. The summed E-state index contributed by atoms with van der Waals surface area (Å²) in [6.07, 6.45) is 1.23. The predicted octanol–water partition coefficient (Wildman–Crippen LogP) is 2.81. The van der Waals surface area contributed by atoms with Crippen molar-refractivity contribution in [1.82, 2.24) is 4.98 Å². The van der Waals surface area contributed by atoms with Crippen LogP contribution in [0.2, 0.25) is 0 Å². The van der Waals surface area contributed by atoms with Crippen molar-refractivity contribution < 1.29 is 19.2 Å². The number of carbonyl (C=O) groups excluding carboxylic acids is 1. The van der Waals surface area contributed by atoms with E-state index in [-0.39, 0.29) is 5.91 Å². The highest BCUT2D eigenvalue weighted by molar-refractivity contribution is 7.22. The number of hydrogen-bond donors (Lipinski definition) is 1. The Hall–Kier alpha value is -2.64. The largest absolute Gasteiger partial charge is 0.494 e. The molecule has 6 nitrogen and oxygen atoms in total. The van der Waals surface area contributed by atoms with Gasteiger partial charge in [-0.25, -0.2) is 4.98 Å². The molecular formula is C23H30N3O3S+. The molecule has 0 bridgehead atoms. The Bertz CT molecular complexity index is 969. The first-order valence-electron chi connectivity index (χ1n) is 10.3. The molecule has 1 aromatic heterocycles. The molecule has 3 aromatic rings. The minimum Gasteiger partial charge on any atom is -0.494 e. The molecule has 30 heavy (non-hydrogen) atoms. The maximum Gasteiger partial charge on any atom is 0.233 e. The molecule has 1 N–H and O–H groups in total. The topological polar surface area (TPSA) is 56.1 Å². The van der Waals surface area contributed by atoms with Gasteiger partial charge in [-0.05, 0) is 36.8 Å². The van der Waals surface area contributed by atoms with Gasteiger partial charge in [0.05, 0.1) is 45.5 Å². The molecule has 2 aromatic carbocycles. The SMILES string of the molecule is CCOc1ccc(CC(=O)N(CCC[NH+](C)C)c2nc3c(OC)cccc3s2)cc1. The molecule has 0 saturated carbocycles. The Kier molecular flexibility index (Phi) is 7.65. The summed E-state index contributed by atoms with van der Waals surface area (Å²) >= 11 is 1.53. The number of fused-ring (bicyclic) bond motifs is 1. The summed E-state index contributed by atoms with van der Waals surface area (Å²) < 4.78 is 12.0. The van der Waals surface area contributed by atoms with Gasteiger partial charge in [0.1, 0.15) is 17.0 Å². The Balaban J connectivity index is 1.83. The smallest absolute Gasteiger partial charge is 0.233 e. The number of quaternary nitrogens is 1. The van der Waals surface area contributed by atoms with Crippen molar-refractivity contribution in [2.24, 2.45) is 0 Å². The Labute approximate surface area is 182 Å². The maximum atomic E-state index is 13.3. The van der Waals surface area contributed by atoms with Crippen molar-refractivity contribution >= 4 is 32.6 Å². The number of nitrogens with one attached hydrogen (secondary N) is 1. The van der Waals surface area contributed by atoms with Crippen LogP contribution in [0.3, 0.4) is 0 Å². The molecule has 0 saturated heterocycles. The zero-order chi connectivity index (χ0) is 21.5. The van der Waals surface area contributed by atoms with Crippen LogP contribution in [0, 0.1) is 0 Å². The number of amides is 1. The molecule has 0 aliphatic rings. The quantitative estimate of drug-likeness (QED) is 0.540. The van der Waals surface area contributed by atoms with E-state index in [0.717, 1.165) is 45.4 Å². The van der Waals surface area contributed by atoms with Gasteiger partial charge in [-0.15, -0.1) is 0 Å². The van der Waals surface area contributed by atoms with Crippen molar-refractivity contribution in [1.29, 1.82) is 0 Å². The van der Waals surface area contributed by atoms with Crippen LogP contribution in [-0.4, -0.2) is 51.8 Å². The summed E-state index contributed by atoms with van der Waals surface area (Å²) in [6, 6.07) is 13.6. The van der Waals surface area contributed by atoms with Crippen molar-refractivity contribution in [2.45, 2.75) is 19.8 Å². The molecule has 7 heteroatoms. The van der Waals surface area contributed by atoms with E-state index in [1.54, 1.807) is 7.11 Å². The minimum atomic E-state index is 0.0472. The number of para-hydroxylation sites is 1. The molecule has 3 rings (SSSR count). The lowest BCUT2D eigenvalue weighted by atomic mass is 10.1. The number of aromatic nitrogens is 1. The first kappa shape index (κ1) is 22.1. The number of methoxy groups -OCH3 is 1. The minimum absolute atomic E-state index is 0.0472. The average molecular weight is 429 g/mol. The summed E-state index contributed by atoms with van der Waals surface area (Å²) in [6.45, 7) is 4.21. The average Bonchev–Trinajstić information content (AvgIpc) is 3.16. The lowest BCUT2D eigenvalue weighted by molar-refractivity contribution is -0.858. The first-order valence-corrected chi connectivity index (χ1v) is 11.1. The van der Waals surface area contributed by atoms with Crippen molar-refractivity contribution in [3.05, 3.63) is 48.0 Å². The molecule has 0 fully saturated rings. The highest BCUT2D eigenvalue weighted by Gasteiger charge is 2.21. The predicted molar refractivity (Wildman–Crippen MR) is 122 cm³/mol. The van der Waals surface area contributed by atoms with Crippen LogP contribution < -0.4 is 19.3 Å². The summed E-state index contributed by atoms with van der Waals surface area (Å²) in [5.74, 6) is 1.59. The second-order valence-electron chi connectivity index (χ2n) is 7.41. The zero-order valence-electron chi connectivity index (χ0n) is 18.1. The van der Waals surface area contributed by atoms with Gasteiger partial charge in [0.2, 0.25) is 5.91 Å². The zero-order valence-corrected chi connectivity index (χ0v) is 18.9. The summed E-state index contributed by atoms with van der Waals surface area (Å²) in [5.41, 5.74) is 1.77. The van der Waals surface area contributed by atoms with Gasteiger partial charge < -0.3 is 14.4 Å². The Morgan fingerprint density at radius 3 is 2.60 bits per heavy atom. The second kappa shape index (κ2) is 10.4. The molecule has 0 atom stereocenters. The lowest BCUT2D eigenvalue weighted by Crippen LogP contribution is -3.05. The number of nitrogens with zero attached hydrogens (tertiary/aromatic N) is 2. The van der Waals surface area contributed by atoms with Gasteiger partial charge in [-0.2, -0.15) is 0 Å². The normalized spacial score (nSPS) is 11.1. The summed E-state index contributed by atoms with van der Waals surface area (Å²) in [5, 5.41) is 0.721. The van der Waals surface area contributed by atoms with Crippen LogP contribution in [-0.2, 0) is 11.2 Å². The van der Waals surface area contributed by atoms with E-state index in [0.29, 0.717) is 19.6 Å². The van der Waals surface area contributed by atoms with Gasteiger partial charge in [0.15, 0.2) is 5.13 Å². The van der Waals surface area contributed by atoms with Crippen LogP contribution in [0.1, 0.15) is 18.9 Å². The van der Waals surface area contributed by atoms with Crippen LogP contribution in [0.25, 0.3) is 10.2 Å². The fourth-order valence-electron chi connectivity index (χ4n) is 3.25. The van der Waals surface area contributed by atoms with Gasteiger partial charge in [-0.1, -0.05) is 29.5 Å². The highest BCUT2D eigenvalue weighted by Crippen LogP contribution is 2.34. The molecule has 0 spiro atoms. The fraction of sp³-hybridized carbons (Fsp3) is 0.391. The summed E-state index contributed by atoms with van der Waals surface area (Å²) in [4.78, 5) is 21.2. The van der Waals surface area contributed by atoms with Crippen LogP contribution in [0.5, 0.6) is 11.5 Å². The number of thiazole rings is 1. The number of benzene rings is 2. The molecule has 160 valence electrons. The molecule has 1 heterocycles. The van der Waals surface area contributed by atoms with Crippen LogP contribution in [0.15, 0.2) is 42.5 Å². The van der Waals surface area contributed by atoms with E-state index in [1.807, 2.05) is 54.3 Å². The third kappa shape index (κ3) is 5.49. The Morgan fingerprint density at radius 1 is 1.17 bits per heavy atom. The van der Waals surface area contributed by atoms with Crippen molar-refractivity contribution in [2.75, 3.05) is 45.8 Å². The first-order chi connectivity index (χ1) is 14.5. The van der Waals surface area contributed by atoms with Crippen molar-refractivity contribution in [3.8, 4) is 11.5 Å². The number of anilines is 1. The van der Waals surface area contributed by atoms with Crippen LogP contribution in [0.4, 0.5) is 5.13 Å². The Morgan fingerprint density at radius 2 is 1.93 bits per heavy atom. The van der Waals surface area contributed by atoms with E-state index in [4.69, 9.17) is 14.5 Å². The molecule has 0 unspecified atom stereocenters. The maximum absolute atomic E-state index is 13.3. The summed E-state index contributed by atoms with van der Waals surface area (Å²) in [7, 11) is 5.88. The van der Waals surface area contributed by atoms with E-state index in [1.165, 1.54) is 16.2 Å². The van der Waals surface area contributed by atoms with E-state index in [2.05, 4.69) is 14.1 Å². The standard InChI is InChI=1S/C23H29N3O3S/c1-5-29-18-12-10-17(11-13-18)16-21(27)26(15-7-14-25(2)3)23-24-22-19(28-4)8-6-9-20(22)30-23/h6,8-13H,5,7,14-16H2,1-4H3/p+1. The fourth-order valence-corrected chi connectivity index (χ4v) is 4.28. The van der Waals surface area contributed by atoms with E-state index in [9.17, 15) is 4.79 Å². The molecule has 0 aliphatic carbocycles. The van der Waals surface area contributed by atoms with Crippen molar-refractivity contribution in [3.63, 3.8) is 0 Å². The molecular weight excluding hydrogens is 398 g/mol. The van der Waals surface area contributed by atoms with E-state index < -0.39 is 0 Å². The number of ether oxygens (including phenoxy) is 2.